The average molecular weight is 330 g/mol. The first-order valence-electron chi connectivity index (χ1n) is 7.59. The van der Waals surface area contributed by atoms with Crippen LogP contribution in [0.5, 0.6) is 0 Å². The van der Waals surface area contributed by atoms with Crippen LogP contribution in [0.2, 0.25) is 0 Å². The number of hydrogen-bond donors (Lipinski definition) is 2. The number of hydrogen-bond acceptors (Lipinski definition) is 3. The lowest BCUT2D eigenvalue weighted by molar-refractivity contribution is 0.0940. The molecule has 6 heteroatoms. The Balaban J connectivity index is 1.97. The Kier molecular flexibility index (Phi) is 5.89. The second-order valence-electron chi connectivity index (χ2n) is 5.17. The molecule has 24 heavy (non-hydrogen) atoms. The van der Waals surface area contributed by atoms with Gasteiger partial charge in [-0.15, -0.1) is 0 Å². The zero-order chi connectivity index (χ0) is 17.5. The first-order chi connectivity index (χ1) is 11.5. The second-order valence-corrected chi connectivity index (χ2v) is 5.17. The van der Waals surface area contributed by atoms with Crippen molar-refractivity contribution in [2.24, 2.45) is 0 Å². The fourth-order valence-corrected chi connectivity index (χ4v) is 2.10. The van der Waals surface area contributed by atoms with Crippen LogP contribution < -0.4 is 10.6 Å². The molecule has 0 heterocycles. The summed E-state index contributed by atoms with van der Waals surface area (Å²) < 4.78 is 17.7. The molecule has 2 amide bonds. The second kappa shape index (κ2) is 8.10. The smallest absolute Gasteiger partial charge is 0.411 e. The van der Waals surface area contributed by atoms with E-state index in [0.717, 1.165) is 5.56 Å². The fraction of sp³-hybridized carbons (Fsp3) is 0.222. The van der Waals surface area contributed by atoms with E-state index in [4.69, 9.17) is 4.74 Å². The van der Waals surface area contributed by atoms with Gasteiger partial charge in [-0.25, -0.2) is 9.18 Å². The van der Waals surface area contributed by atoms with Crippen molar-refractivity contribution in [3.63, 3.8) is 0 Å². The highest BCUT2D eigenvalue weighted by Crippen LogP contribution is 2.15. The first-order valence-corrected chi connectivity index (χ1v) is 7.59. The summed E-state index contributed by atoms with van der Waals surface area (Å²) in [6.45, 7) is 3.82. The summed E-state index contributed by atoms with van der Waals surface area (Å²) in [7, 11) is 0. The predicted molar refractivity (Wildman–Crippen MR) is 89.4 cm³/mol. The molecular formula is C18H19FN2O3. The van der Waals surface area contributed by atoms with E-state index < -0.39 is 6.09 Å². The molecule has 0 fully saturated rings. The molecule has 0 spiro atoms. The minimum Gasteiger partial charge on any atom is -0.450 e. The van der Waals surface area contributed by atoms with Gasteiger partial charge in [-0.2, -0.15) is 0 Å². The molecule has 2 aromatic rings. The Morgan fingerprint density at radius 3 is 2.29 bits per heavy atom. The van der Waals surface area contributed by atoms with Gasteiger partial charge in [0.05, 0.1) is 12.6 Å². The number of anilines is 1. The predicted octanol–water partition coefficient (Wildman–Crippen LogP) is 3.89. The van der Waals surface area contributed by atoms with Gasteiger partial charge in [0.25, 0.3) is 5.91 Å². The van der Waals surface area contributed by atoms with Crippen molar-refractivity contribution < 1.29 is 18.7 Å². The molecule has 5 nitrogen and oxygen atoms in total. The summed E-state index contributed by atoms with van der Waals surface area (Å²) in [5.74, 6) is -0.573. The van der Waals surface area contributed by atoms with E-state index in [1.807, 2.05) is 6.92 Å². The summed E-state index contributed by atoms with van der Waals surface area (Å²) in [4.78, 5) is 23.6. The molecule has 0 aliphatic rings. The van der Waals surface area contributed by atoms with Crippen LogP contribution in [0.3, 0.4) is 0 Å². The largest absolute Gasteiger partial charge is 0.450 e. The van der Waals surface area contributed by atoms with Crippen LogP contribution in [0.15, 0.2) is 48.5 Å². The lowest BCUT2D eigenvalue weighted by atomic mass is 10.1. The van der Waals surface area contributed by atoms with Crippen molar-refractivity contribution in [2.45, 2.75) is 19.9 Å². The zero-order valence-electron chi connectivity index (χ0n) is 13.5. The van der Waals surface area contributed by atoms with Crippen LogP contribution in [0.4, 0.5) is 14.9 Å². The Hall–Kier alpha value is -2.89. The molecule has 1 atom stereocenters. The van der Waals surface area contributed by atoms with E-state index in [-0.39, 0.29) is 24.4 Å². The maximum Gasteiger partial charge on any atom is 0.411 e. The normalized spacial score (nSPS) is 11.5. The highest BCUT2D eigenvalue weighted by molar-refractivity contribution is 5.95. The van der Waals surface area contributed by atoms with E-state index in [1.54, 1.807) is 43.3 Å². The minimum atomic E-state index is -0.542. The van der Waals surface area contributed by atoms with Crippen molar-refractivity contribution in [3.05, 3.63) is 65.5 Å². The molecule has 0 bridgehead atoms. The molecular weight excluding hydrogens is 311 g/mol. The summed E-state index contributed by atoms with van der Waals surface area (Å²) in [5, 5.41) is 5.39. The number of halogens is 1. The molecule has 0 unspecified atom stereocenters. The van der Waals surface area contributed by atoms with Crippen molar-refractivity contribution in [2.75, 3.05) is 11.9 Å². The molecule has 0 aliphatic carbocycles. The highest BCUT2D eigenvalue weighted by Gasteiger charge is 2.12. The maximum absolute atomic E-state index is 12.9. The van der Waals surface area contributed by atoms with Gasteiger partial charge in [0.15, 0.2) is 0 Å². The van der Waals surface area contributed by atoms with Crippen molar-refractivity contribution in [3.8, 4) is 0 Å². The summed E-state index contributed by atoms with van der Waals surface area (Å²) in [6, 6.07) is 12.2. The molecule has 2 aromatic carbocycles. The van der Waals surface area contributed by atoms with Crippen LogP contribution in [-0.4, -0.2) is 18.6 Å². The van der Waals surface area contributed by atoms with Gasteiger partial charge in [-0.3, -0.25) is 10.1 Å². The minimum absolute atomic E-state index is 0.254. The fourth-order valence-electron chi connectivity index (χ4n) is 2.10. The number of nitrogens with one attached hydrogen (secondary N) is 2. The third kappa shape index (κ3) is 4.81. The van der Waals surface area contributed by atoms with Gasteiger partial charge in [-0.1, -0.05) is 12.1 Å². The molecule has 0 aromatic heterocycles. The SMILES string of the molecule is CCOC(=O)Nc1ccc(C(=O)N[C@@H](C)c2ccc(F)cc2)cc1. The van der Waals surface area contributed by atoms with Crippen molar-refractivity contribution in [1.29, 1.82) is 0 Å². The van der Waals surface area contributed by atoms with Gasteiger partial charge in [0, 0.05) is 11.3 Å². The number of ether oxygens (including phenoxy) is 1. The van der Waals surface area contributed by atoms with Gasteiger partial charge in [0.1, 0.15) is 5.82 Å². The molecule has 2 rings (SSSR count). The number of benzene rings is 2. The Morgan fingerprint density at radius 1 is 1.08 bits per heavy atom. The van der Waals surface area contributed by atoms with Gasteiger partial charge in [0.2, 0.25) is 0 Å². The van der Waals surface area contributed by atoms with Gasteiger partial charge < -0.3 is 10.1 Å². The standard InChI is InChI=1S/C18H19FN2O3/c1-3-24-18(23)21-16-10-6-14(7-11-16)17(22)20-12(2)13-4-8-15(19)9-5-13/h4-12H,3H2,1-2H3,(H,20,22)(H,21,23)/t12-/m0/s1. The van der Waals surface area contributed by atoms with E-state index >= 15 is 0 Å². The average Bonchev–Trinajstić information content (AvgIpc) is 2.56. The monoisotopic (exact) mass is 330 g/mol. The number of carbonyl (C=O) groups is 2. The topological polar surface area (TPSA) is 67.4 Å². The lowest BCUT2D eigenvalue weighted by Crippen LogP contribution is -2.26. The van der Waals surface area contributed by atoms with E-state index in [0.29, 0.717) is 11.3 Å². The van der Waals surface area contributed by atoms with Crippen molar-refractivity contribution in [1.82, 2.24) is 5.32 Å². The van der Waals surface area contributed by atoms with Crippen LogP contribution in [0, 0.1) is 5.82 Å². The third-order valence-corrected chi connectivity index (χ3v) is 3.39. The molecule has 126 valence electrons. The van der Waals surface area contributed by atoms with Crippen LogP contribution in [-0.2, 0) is 4.74 Å². The van der Waals surface area contributed by atoms with E-state index in [9.17, 15) is 14.0 Å². The lowest BCUT2D eigenvalue weighted by Gasteiger charge is -2.14. The van der Waals surface area contributed by atoms with Crippen molar-refractivity contribution >= 4 is 17.7 Å². The molecule has 0 radical (unpaired) electrons. The molecule has 2 N–H and O–H groups in total. The number of carbonyl (C=O) groups excluding carboxylic acids is 2. The summed E-state index contributed by atoms with van der Waals surface area (Å²) in [6.07, 6.45) is -0.542. The van der Waals surface area contributed by atoms with E-state index in [1.165, 1.54) is 12.1 Å². The Bertz CT molecular complexity index is 699. The maximum atomic E-state index is 12.9. The molecule has 0 aliphatic heterocycles. The Morgan fingerprint density at radius 2 is 1.71 bits per heavy atom. The van der Waals surface area contributed by atoms with Crippen LogP contribution in [0.1, 0.15) is 35.8 Å². The molecule has 0 saturated carbocycles. The van der Waals surface area contributed by atoms with Gasteiger partial charge >= 0.3 is 6.09 Å². The Labute approximate surface area is 139 Å². The quantitative estimate of drug-likeness (QED) is 0.874. The van der Waals surface area contributed by atoms with Gasteiger partial charge in [-0.05, 0) is 55.8 Å². The zero-order valence-corrected chi connectivity index (χ0v) is 13.5. The number of amides is 2. The van der Waals surface area contributed by atoms with E-state index in [2.05, 4.69) is 10.6 Å². The first kappa shape index (κ1) is 17.5. The molecule has 0 saturated heterocycles. The third-order valence-electron chi connectivity index (χ3n) is 3.39. The van der Waals surface area contributed by atoms with Crippen LogP contribution >= 0.6 is 0 Å². The summed E-state index contributed by atoms with van der Waals surface area (Å²) in [5.41, 5.74) is 1.81. The number of rotatable bonds is 5. The van der Waals surface area contributed by atoms with Crippen LogP contribution in [0.25, 0.3) is 0 Å². The summed E-state index contributed by atoms with van der Waals surface area (Å²) >= 11 is 0. The highest BCUT2D eigenvalue weighted by atomic mass is 19.1.